The number of anilines is 1. The molecule has 25 heavy (non-hydrogen) atoms. The predicted octanol–water partition coefficient (Wildman–Crippen LogP) is 1.15. The molecule has 10 nitrogen and oxygen atoms in total. The molecular formula is C15H18N6O4. The maximum atomic E-state index is 12.4. The molecule has 1 saturated heterocycles. The summed E-state index contributed by atoms with van der Waals surface area (Å²) in [6.45, 7) is 1.79. The molecule has 1 aliphatic rings. The van der Waals surface area contributed by atoms with Gasteiger partial charge in [-0.1, -0.05) is 6.07 Å². The van der Waals surface area contributed by atoms with E-state index < -0.39 is 22.3 Å². The number of hydrogen-bond donors (Lipinski definition) is 3. The number of nitrogens with one attached hydrogen (secondary N) is 2. The van der Waals surface area contributed by atoms with E-state index >= 15 is 0 Å². The SMILES string of the molecule is Cn1nc(C2CCNCC2)nc1NC(=O)c1cccc([N+](=O)[O-])c1O. The zero-order valence-corrected chi connectivity index (χ0v) is 13.6. The summed E-state index contributed by atoms with van der Waals surface area (Å²) in [6.07, 6.45) is 1.84. The number of piperidine rings is 1. The average Bonchev–Trinajstić information content (AvgIpc) is 2.96. The van der Waals surface area contributed by atoms with Crippen molar-refractivity contribution in [3.63, 3.8) is 0 Å². The summed E-state index contributed by atoms with van der Waals surface area (Å²) in [5.74, 6) is -0.254. The molecule has 1 aromatic heterocycles. The fourth-order valence-electron chi connectivity index (χ4n) is 2.80. The number of aryl methyl sites for hydroxylation is 1. The Hall–Kier alpha value is -3.01. The van der Waals surface area contributed by atoms with Crippen molar-refractivity contribution in [2.75, 3.05) is 18.4 Å². The van der Waals surface area contributed by atoms with Crippen LogP contribution in [-0.2, 0) is 7.05 Å². The molecule has 3 N–H and O–H groups in total. The van der Waals surface area contributed by atoms with Gasteiger partial charge in [0.15, 0.2) is 5.82 Å². The minimum absolute atomic E-state index is 0.194. The summed E-state index contributed by atoms with van der Waals surface area (Å²) in [7, 11) is 1.65. The van der Waals surface area contributed by atoms with Gasteiger partial charge in [0.05, 0.1) is 10.5 Å². The van der Waals surface area contributed by atoms with Crippen molar-refractivity contribution in [1.82, 2.24) is 20.1 Å². The third kappa shape index (κ3) is 3.43. The second kappa shape index (κ2) is 6.85. The first-order valence-electron chi connectivity index (χ1n) is 7.86. The van der Waals surface area contributed by atoms with Crippen molar-refractivity contribution in [3.8, 4) is 5.75 Å². The van der Waals surface area contributed by atoms with Crippen LogP contribution in [0.1, 0.15) is 34.9 Å². The molecule has 132 valence electrons. The van der Waals surface area contributed by atoms with Crippen molar-refractivity contribution < 1.29 is 14.8 Å². The van der Waals surface area contributed by atoms with Gasteiger partial charge in [0, 0.05) is 19.0 Å². The van der Waals surface area contributed by atoms with Crippen LogP contribution in [0.4, 0.5) is 11.6 Å². The minimum Gasteiger partial charge on any atom is -0.502 e. The van der Waals surface area contributed by atoms with E-state index in [0.29, 0.717) is 5.82 Å². The van der Waals surface area contributed by atoms with E-state index in [0.717, 1.165) is 32.0 Å². The van der Waals surface area contributed by atoms with Crippen LogP contribution in [0.25, 0.3) is 0 Å². The number of nitro groups is 1. The number of carbonyl (C=O) groups is 1. The van der Waals surface area contributed by atoms with Crippen LogP contribution in [-0.4, -0.2) is 43.8 Å². The Bertz CT molecular complexity index is 812. The number of para-hydroxylation sites is 1. The first-order valence-corrected chi connectivity index (χ1v) is 7.86. The van der Waals surface area contributed by atoms with E-state index in [2.05, 4.69) is 20.7 Å². The molecular weight excluding hydrogens is 328 g/mol. The molecule has 1 aliphatic heterocycles. The minimum atomic E-state index is -0.746. The van der Waals surface area contributed by atoms with E-state index in [1.807, 2.05) is 0 Å². The number of phenolic OH excluding ortho intramolecular Hbond substituents is 1. The van der Waals surface area contributed by atoms with Crippen molar-refractivity contribution in [2.45, 2.75) is 18.8 Å². The number of aromatic hydroxyl groups is 1. The molecule has 1 aromatic carbocycles. The number of phenols is 1. The number of rotatable bonds is 4. The highest BCUT2D eigenvalue weighted by Gasteiger charge is 2.24. The van der Waals surface area contributed by atoms with Crippen LogP contribution in [0.2, 0.25) is 0 Å². The normalized spacial score (nSPS) is 15.1. The fraction of sp³-hybridized carbons (Fsp3) is 0.400. The lowest BCUT2D eigenvalue weighted by Crippen LogP contribution is -2.27. The number of benzene rings is 1. The Balaban J connectivity index is 1.81. The molecule has 0 spiro atoms. The number of nitrogens with zero attached hydrogens (tertiary/aromatic N) is 4. The van der Waals surface area contributed by atoms with Crippen LogP contribution >= 0.6 is 0 Å². The van der Waals surface area contributed by atoms with E-state index in [1.54, 1.807) is 7.05 Å². The largest absolute Gasteiger partial charge is 0.502 e. The molecule has 0 atom stereocenters. The summed E-state index contributed by atoms with van der Waals surface area (Å²) in [6, 6.07) is 3.77. The Morgan fingerprint density at radius 1 is 1.44 bits per heavy atom. The highest BCUT2D eigenvalue weighted by Crippen LogP contribution is 2.30. The second-order valence-corrected chi connectivity index (χ2v) is 5.83. The van der Waals surface area contributed by atoms with Gasteiger partial charge in [-0.3, -0.25) is 20.2 Å². The van der Waals surface area contributed by atoms with Gasteiger partial charge in [0.25, 0.3) is 5.91 Å². The zero-order valence-electron chi connectivity index (χ0n) is 13.6. The van der Waals surface area contributed by atoms with E-state index in [9.17, 15) is 20.0 Å². The zero-order chi connectivity index (χ0) is 18.0. The molecule has 0 saturated carbocycles. The number of carbonyl (C=O) groups excluding carboxylic acids is 1. The van der Waals surface area contributed by atoms with Gasteiger partial charge in [-0.25, -0.2) is 4.68 Å². The smallest absolute Gasteiger partial charge is 0.311 e. The first kappa shape index (κ1) is 16.8. The molecule has 2 aromatic rings. The second-order valence-electron chi connectivity index (χ2n) is 5.83. The van der Waals surface area contributed by atoms with Crippen LogP contribution in [0.15, 0.2) is 18.2 Å². The van der Waals surface area contributed by atoms with Crippen molar-refractivity contribution >= 4 is 17.5 Å². The predicted molar refractivity (Wildman–Crippen MR) is 88.6 cm³/mol. The average molecular weight is 346 g/mol. The van der Waals surface area contributed by atoms with E-state index in [-0.39, 0.29) is 17.4 Å². The lowest BCUT2D eigenvalue weighted by Gasteiger charge is -2.19. The first-order chi connectivity index (χ1) is 12.0. The Morgan fingerprint density at radius 2 is 2.16 bits per heavy atom. The molecule has 0 radical (unpaired) electrons. The summed E-state index contributed by atoms with van der Waals surface area (Å²) in [5.41, 5.74) is -0.721. The molecule has 3 rings (SSSR count). The summed E-state index contributed by atoms with van der Waals surface area (Å²) in [5, 5.41) is 31.0. The Labute approximate surface area is 143 Å². The topological polar surface area (TPSA) is 135 Å². The molecule has 0 unspecified atom stereocenters. The molecule has 1 fully saturated rings. The van der Waals surface area contributed by atoms with Gasteiger partial charge in [0.1, 0.15) is 0 Å². The maximum Gasteiger partial charge on any atom is 0.311 e. The summed E-state index contributed by atoms with van der Waals surface area (Å²) in [4.78, 5) is 26.8. The van der Waals surface area contributed by atoms with Crippen LogP contribution in [0.5, 0.6) is 5.75 Å². The van der Waals surface area contributed by atoms with E-state index in [4.69, 9.17) is 0 Å². The van der Waals surface area contributed by atoms with Gasteiger partial charge in [-0.05, 0) is 32.0 Å². The summed E-state index contributed by atoms with van der Waals surface area (Å²) < 4.78 is 1.45. The number of amides is 1. The molecule has 0 bridgehead atoms. The maximum absolute atomic E-state index is 12.4. The monoisotopic (exact) mass is 346 g/mol. The van der Waals surface area contributed by atoms with Crippen molar-refractivity contribution in [3.05, 3.63) is 39.7 Å². The highest BCUT2D eigenvalue weighted by molar-refractivity contribution is 6.06. The third-order valence-corrected chi connectivity index (χ3v) is 4.17. The van der Waals surface area contributed by atoms with Crippen LogP contribution in [0.3, 0.4) is 0 Å². The number of hydrogen-bond acceptors (Lipinski definition) is 7. The van der Waals surface area contributed by atoms with E-state index in [1.165, 1.54) is 16.8 Å². The lowest BCUT2D eigenvalue weighted by atomic mass is 9.98. The molecule has 1 amide bonds. The van der Waals surface area contributed by atoms with Crippen molar-refractivity contribution in [1.29, 1.82) is 0 Å². The van der Waals surface area contributed by atoms with Crippen LogP contribution in [0, 0.1) is 10.1 Å². The van der Waals surface area contributed by atoms with Crippen LogP contribution < -0.4 is 10.6 Å². The summed E-state index contributed by atoms with van der Waals surface area (Å²) >= 11 is 0. The molecule has 2 heterocycles. The van der Waals surface area contributed by atoms with Gasteiger partial charge in [-0.2, -0.15) is 10.1 Å². The van der Waals surface area contributed by atoms with Gasteiger partial charge in [-0.15, -0.1) is 0 Å². The standard InChI is InChI=1S/C15H18N6O4/c1-20-15(17-13(19-20)9-5-7-16-8-6-9)18-14(23)10-3-2-4-11(12(10)22)21(24)25/h2-4,9,16,22H,5-8H2,1H3,(H,17,18,19,23). The number of nitro benzene ring substituents is 1. The Kier molecular flexibility index (Phi) is 4.61. The van der Waals surface area contributed by atoms with Crippen molar-refractivity contribution in [2.24, 2.45) is 7.05 Å². The van der Waals surface area contributed by atoms with Gasteiger partial charge < -0.3 is 10.4 Å². The van der Waals surface area contributed by atoms with Gasteiger partial charge >= 0.3 is 5.69 Å². The highest BCUT2D eigenvalue weighted by atomic mass is 16.6. The fourth-order valence-corrected chi connectivity index (χ4v) is 2.80. The number of aromatic nitrogens is 3. The Morgan fingerprint density at radius 3 is 2.84 bits per heavy atom. The quantitative estimate of drug-likeness (QED) is 0.558. The lowest BCUT2D eigenvalue weighted by molar-refractivity contribution is -0.385. The van der Waals surface area contributed by atoms with Gasteiger partial charge in [0.2, 0.25) is 11.7 Å². The molecule has 10 heteroatoms. The third-order valence-electron chi connectivity index (χ3n) is 4.17. The molecule has 0 aliphatic carbocycles.